The molecule has 0 spiro atoms. The summed E-state index contributed by atoms with van der Waals surface area (Å²) < 4.78 is 38.3. The highest BCUT2D eigenvalue weighted by molar-refractivity contribution is 7.89. The van der Waals surface area contributed by atoms with Gasteiger partial charge in [0.05, 0.1) is 19.1 Å². The van der Waals surface area contributed by atoms with Crippen molar-refractivity contribution >= 4 is 21.6 Å². The Bertz CT molecular complexity index is 1050. The Kier molecular flexibility index (Phi) is 7.23. The van der Waals surface area contributed by atoms with Crippen molar-refractivity contribution < 1.29 is 22.7 Å². The first-order chi connectivity index (χ1) is 14.8. The van der Waals surface area contributed by atoms with Gasteiger partial charge in [0.15, 0.2) is 11.5 Å². The fourth-order valence-corrected chi connectivity index (χ4v) is 5.38. The minimum absolute atomic E-state index is 0.00523. The lowest BCUT2D eigenvalue weighted by molar-refractivity contribution is 0.102. The molecule has 0 atom stereocenters. The number of sulfonamides is 1. The molecule has 0 aromatic heterocycles. The van der Waals surface area contributed by atoms with Gasteiger partial charge in [0, 0.05) is 30.4 Å². The molecule has 1 aliphatic rings. The van der Waals surface area contributed by atoms with Gasteiger partial charge in [0.1, 0.15) is 0 Å². The Hall–Kier alpha value is -2.58. The number of methoxy groups -OCH3 is 2. The van der Waals surface area contributed by atoms with Gasteiger partial charge in [-0.25, -0.2) is 8.42 Å². The van der Waals surface area contributed by atoms with Gasteiger partial charge in [-0.2, -0.15) is 4.31 Å². The van der Waals surface area contributed by atoms with Gasteiger partial charge in [-0.3, -0.25) is 4.79 Å². The Labute approximate surface area is 184 Å². The van der Waals surface area contributed by atoms with Crippen molar-refractivity contribution in [2.75, 3.05) is 26.6 Å². The van der Waals surface area contributed by atoms with Crippen molar-refractivity contribution in [1.82, 2.24) is 4.31 Å². The van der Waals surface area contributed by atoms with E-state index in [-0.39, 0.29) is 16.5 Å². The average Bonchev–Trinajstić information content (AvgIpc) is 2.80. The molecule has 7 nitrogen and oxygen atoms in total. The number of anilines is 1. The van der Waals surface area contributed by atoms with E-state index in [0.717, 1.165) is 37.7 Å². The third-order valence-electron chi connectivity index (χ3n) is 5.84. The fourth-order valence-electron chi connectivity index (χ4n) is 3.91. The molecule has 2 aromatic carbocycles. The molecule has 1 N–H and O–H groups in total. The van der Waals surface area contributed by atoms with E-state index in [4.69, 9.17) is 9.47 Å². The molecule has 0 heterocycles. The summed E-state index contributed by atoms with van der Waals surface area (Å²) in [4.78, 5) is 13.0. The molecule has 8 heteroatoms. The minimum atomic E-state index is -3.68. The van der Waals surface area contributed by atoms with Gasteiger partial charge in [-0.1, -0.05) is 25.3 Å². The number of benzene rings is 2. The van der Waals surface area contributed by atoms with Crippen LogP contribution in [0.3, 0.4) is 0 Å². The molecule has 31 heavy (non-hydrogen) atoms. The molecule has 1 saturated carbocycles. The summed E-state index contributed by atoms with van der Waals surface area (Å²) in [5.74, 6) is 0.665. The number of nitrogens with zero attached hydrogens (tertiary/aromatic N) is 1. The van der Waals surface area contributed by atoms with Crippen LogP contribution >= 0.6 is 0 Å². The highest BCUT2D eigenvalue weighted by Gasteiger charge is 2.29. The third-order valence-corrected chi connectivity index (χ3v) is 7.75. The van der Waals surface area contributed by atoms with Crippen LogP contribution in [0.25, 0.3) is 0 Å². The molecule has 3 rings (SSSR count). The topological polar surface area (TPSA) is 84.9 Å². The zero-order valence-corrected chi connectivity index (χ0v) is 19.3. The molecule has 0 bridgehead atoms. The number of ether oxygens (including phenoxy) is 2. The fraction of sp³-hybridized carbons (Fsp3) is 0.435. The summed E-state index contributed by atoms with van der Waals surface area (Å²) in [6.45, 7) is 1.84. The molecule has 168 valence electrons. The number of amides is 1. The number of hydrogen-bond acceptors (Lipinski definition) is 5. The van der Waals surface area contributed by atoms with Crippen molar-refractivity contribution in [1.29, 1.82) is 0 Å². The van der Waals surface area contributed by atoms with Crippen LogP contribution in [0.1, 0.15) is 48.0 Å². The molecule has 0 aliphatic heterocycles. The summed E-state index contributed by atoms with van der Waals surface area (Å²) in [7, 11) is 1.02. The van der Waals surface area contributed by atoms with Crippen molar-refractivity contribution in [2.45, 2.75) is 50.0 Å². The highest BCUT2D eigenvalue weighted by Crippen LogP contribution is 2.33. The SMILES string of the molecule is COc1cc(C)c(NC(=O)c2cccc(S(=O)(=O)N(C)C3CCCCC3)c2)cc1OC. The van der Waals surface area contributed by atoms with E-state index >= 15 is 0 Å². The summed E-state index contributed by atoms with van der Waals surface area (Å²) >= 11 is 0. The molecular formula is C23H30N2O5S. The summed E-state index contributed by atoms with van der Waals surface area (Å²) in [5, 5.41) is 2.84. The van der Waals surface area contributed by atoms with Crippen LogP contribution in [0.4, 0.5) is 5.69 Å². The van der Waals surface area contributed by atoms with Gasteiger partial charge in [0.25, 0.3) is 5.91 Å². The van der Waals surface area contributed by atoms with E-state index in [1.165, 1.54) is 23.5 Å². The number of rotatable bonds is 7. The lowest BCUT2D eigenvalue weighted by Gasteiger charge is -2.30. The van der Waals surface area contributed by atoms with E-state index in [0.29, 0.717) is 17.2 Å². The van der Waals surface area contributed by atoms with Gasteiger partial charge < -0.3 is 14.8 Å². The quantitative estimate of drug-likeness (QED) is 0.688. The van der Waals surface area contributed by atoms with E-state index in [2.05, 4.69) is 5.32 Å². The number of nitrogens with one attached hydrogen (secondary N) is 1. The molecular weight excluding hydrogens is 416 g/mol. The van der Waals surface area contributed by atoms with E-state index in [9.17, 15) is 13.2 Å². The summed E-state index contributed by atoms with van der Waals surface area (Å²) in [6, 6.07) is 9.62. The summed E-state index contributed by atoms with van der Waals surface area (Å²) in [5.41, 5.74) is 1.63. The first-order valence-corrected chi connectivity index (χ1v) is 11.8. The predicted molar refractivity (Wildman–Crippen MR) is 121 cm³/mol. The molecule has 1 aliphatic carbocycles. The first-order valence-electron chi connectivity index (χ1n) is 10.4. The van der Waals surface area contributed by atoms with Crippen molar-refractivity contribution in [3.8, 4) is 11.5 Å². The van der Waals surface area contributed by atoms with Crippen molar-refractivity contribution in [2.24, 2.45) is 0 Å². The van der Waals surface area contributed by atoms with Crippen molar-refractivity contribution in [3.63, 3.8) is 0 Å². The van der Waals surface area contributed by atoms with Crippen LogP contribution in [0.2, 0.25) is 0 Å². The maximum Gasteiger partial charge on any atom is 0.255 e. The second-order valence-electron chi connectivity index (χ2n) is 7.82. The van der Waals surface area contributed by atoms with Gasteiger partial charge in [-0.05, 0) is 49.6 Å². The van der Waals surface area contributed by atoms with Crippen molar-refractivity contribution in [3.05, 3.63) is 47.5 Å². The van der Waals surface area contributed by atoms with Crippen LogP contribution in [0.15, 0.2) is 41.3 Å². The third kappa shape index (κ3) is 5.02. The average molecular weight is 447 g/mol. The van der Waals surface area contributed by atoms with Crippen LogP contribution < -0.4 is 14.8 Å². The smallest absolute Gasteiger partial charge is 0.255 e. The number of carbonyl (C=O) groups excluding carboxylic acids is 1. The van der Waals surface area contributed by atoms with E-state index in [1.807, 2.05) is 6.92 Å². The van der Waals surface area contributed by atoms with Crippen LogP contribution in [0, 0.1) is 6.92 Å². The first kappa shape index (κ1) is 23.1. The minimum Gasteiger partial charge on any atom is -0.493 e. The number of carbonyl (C=O) groups is 1. The predicted octanol–water partition coefficient (Wildman–Crippen LogP) is 4.22. The molecule has 0 unspecified atom stereocenters. The van der Waals surface area contributed by atoms with Gasteiger partial charge >= 0.3 is 0 Å². The molecule has 0 saturated heterocycles. The Morgan fingerprint density at radius 1 is 1.03 bits per heavy atom. The Morgan fingerprint density at radius 2 is 1.68 bits per heavy atom. The molecule has 0 radical (unpaired) electrons. The van der Waals surface area contributed by atoms with E-state index in [1.54, 1.807) is 38.4 Å². The summed E-state index contributed by atoms with van der Waals surface area (Å²) in [6.07, 6.45) is 4.97. The normalized spacial score (nSPS) is 15.0. The molecule has 1 amide bonds. The largest absolute Gasteiger partial charge is 0.493 e. The molecule has 1 fully saturated rings. The second kappa shape index (κ2) is 9.70. The zero-order valence-electron chi connectivity index (χ0n) is 18.5. The van der Waals surface area contributed by atoms with Gasteiger partial charge in [0.2, 0.25) is 10.0 Å². The number of hydrogen-bond donors (Lipinski definition) is 1. The monoisotopic (exact) mass is 446 g/mol. The Morgan fingerprint density at radius 3 is 2.32 bits per heavy atom. The maximum absolute atomic E-state index is 13.1. The zero-order chi connectivity index (χ0) is 22.6. The van der Waals surface area contributed by atoms with Crippen LogP contribution in [-0.2, 0) is 10.0 Å². The van der Waals surface area contributed by atoms with Gasteiger partial charge in [-0.15, -0.1) is 0 Å². The number of aryl methyl sites for hydroxylation is 1. The Balaban J connectivity index is 1.83. The van der Waals surface area contributed by atoms with Crippen LogP contribution in [0.5, 0.6) is 11.5 Å². The molecule has 2 aromatic rings. The lowest BCUT2D eigenvalue weighted by Crippen LogP contribution is -2.38. The lowest BCUT2D eigenvalue weighted by atomic mass is 9.96. The van der Waals surface area contributed by atoms with Crippen LogP contribution in [-0.4, -0.2) is 45.9 Å². The second-order valence-corrected chi connectivity index (χ2v) is 9.81. The van der Waals surface area contributed by atoms with E-state index < -0.39 is 15.9 Å². The standard InChI is InChI=1S/C23H30N2O5S/c1-16-13-21(29-3)22(30-4)15-20(16)24-23(26)17-9-8-12-19(14-17)31(27,28)25(2)18-10-6-5-7-11-18/h8-9,12-15,18H,5-7,10-11H2,1-4H3,(H,24,26). The highest BCUT2D eigenvalue weighted by atomic mass is 32.2. The maximum atomic E-state index is 13.1.